The van der Waals surface area contributed by atoms with Crippen molar-refractivity contribution in [3.8, 4) is 11.3 Å². The second-order valence-corrected chi connectivity index (χ2v) is 6.07. The molecule has 0 spiro atoms. The number of pyridine rings is 1. The van der Waals surface area contributed by atoms with Crippen molar-refractivity contribution in [2.45, 2.75) is 13.8 Å². The van der Waals surface area contributed by atoms with Crippen LogP contribution in [0.2, 0.25) is 0 Å². The molecule has 0 unspecified atom stereocenters. The molecule has 0 fully saturated rings. The van der Waals surface area contributed by atoms with E-state index in [0.717, 1.165) is 34.0 Å². The maximum Gasteiger partial charge on any atom is 0.187 e. The molecule has 0 bridgehead atoms. The van der Waals surface area contributed by atoms with Gasteiger partial charge >= 0.3 is 0 Å². The normalized spacial score (nSPS) is 11.4. The molecule has 4 aromatic rings. The molecule has 4 rings (SSSR count). The van der Waals surface area contributed by atoms with E-state index in [9.17, 15) is 0 Å². The van der Waals surface area contributed by atoms with Crippen molar-refractivity contribution in [1.29, 1.82) is 0 Å². The summed E-state index contributed by atoms with van der Waals surface area (Å²) in [5, 5.41) is 9.03. The minimum absolute atomic E-state index is 0.740. The van der Waals surface area contributed by atoms with Gasteiger partial charge < -0.3 is 0 Å². The molecule has 0 amide bonds. The van der Waals surface area contributed by atoms with E-state index in [1.807, 2.05) is 72.1 Å². The first kappa shape index (κ1) is 15.3. The molecular formula is C21H18N4. The molecule has 0 saturated heterocycles. The van der Waals surface area contributed by atoms with Gasteiger partial charge in [0.25, 0.3) is 0 Å². The first-order valence-electron chi connectivity index (χ1n) is 8.24. The van der Waals surface area contributed by atoms with Crippen LogP contribution in [-0.4, -0.2) is 9.38 Å². The summed E-state index contributed by atoms with van der Waals surface area (Å²) in [6.07, 6.45) is 2.00. The van der Waals surface area contributed by atoms with Gasteiger partial charge in [-0.3, -0.25) is 4.40 Å². The molecule has 25 heavy (non-hydrogen) atoms. The third kappa shape index (κ3) is 2.94. The fraction of sp³-hybridized carbons (Fsp3) is 0.0952. The van der Waals surface area contributed by atoms with E-state index in [1.165, 1.54) is 5.56 Å². The van der Waals surface area contributed by atoms with Gasteiger partial charge in [0, 0.05) is 11.8 Å². The lowest BCUT2D eigenvalue weighted by Gasteiger charge is -2.01. The standard InChI is InChI=1S/C21H18N4/c1-15-12-13-25-19(14-15)22-20(17-9-4-3-5-10-17)21(25)24-23-18-11-7-6-8-16(18)2/h3-14H,1-2H3. The zero-order valence-corrected chi connectivity index (χ0v) is 14.2. The van der Waals surface area contributed by atoms with Crippen molar-refractivity contribution < 1.29 is 0 Å². The lowest BCUT2D eigenvalue weighted by molar-refractivity contribution is 1.10. The van der Waals surface area contributed by atoms with Gasteiger partial charge in [0.05, 0.1) is 5.69 Å². The zero-order chi connectivity index (χ0) is 17.2. The fourth-order valence-electron chi connectivity index (χ4n) is 2.80. The van der Waals surface area contributed by atoms with Crippen LogP contribution in [0.25, 0.3) is 16.9 Å². The molecular weight excluding hydrogens is 308 g/mol. The lowest BCUT2D eigenvalue weighted by atomic mass is 10.1. The third-order valence-corrected chi connectivity index (χ3v) is 4.17. The molecule has 4 nitrogen and oxygen atoms in total. The van der Waals surface area contributed by atoms with E-state index >= 15 is 0 Å². The number of hydrogen-bond acceptors (Lipinski definition) is 3. The number of aryl methyl sites for hydroxylation is 2. The molecule has 122 valence electrons. The second-order valence-electron chi connectivity index (χ2n) is 6.07. The predicted molar refractivity (Wildman–Crippen MR) is 101 cm³/mol. The number of nitrogens with zero attached hydrogens (tertiary/aromatic N) is 4. The summed E-state index contributed by atoms with van der Waals surface area (Å²) in [7, 11) is 0. The Kier molecular flexibility index (Phi) is 3.86. The van der Waals surface area contributed by atoms with E-state index in [-0.39, 0.29) is 0 Å². The van der Waals surface area contributed by atoms with Gasteiger partial charge in [0.15, 0.2) is 5.82 Å². The lowest BCUT2D eigenvalue weighted by Crippen LogP contribution is -1.84. The van der Waals surface area contributed by atoms with Gasteiger partial charge in [-0.1, -0.05) is 48.5 Å². The summed E-state index contributed by atoms with van der Waals surface area (Å²) in [6, 6.07) is 22.2. The number of benzene rings is 2. The molecule has 2 aromatic heterocycles. The number of rotatable bonds is 3. The molecule has 0 N–H and O–H groups in total. The van der Waals surface area contributed by atoms with Crippen molar-refractivity contribution in [2.75, 3.05) is 0 Å². The summed E-state index contributed by atoms with van der Waals surface area (Å²) in [5.41, 5.74) is 5.86. The van der Waals surface area contributed by atoms with E-state index in [2.05, 4.69) is 29.3 Å². The monoisotopic (exact) mass is 326 g/mol. The first-order chi connectivity index (χ1) is 12.2. The van der Waals surface area contributed by atoms with Crippen LogP contribution in [0, 0.1) is 13.8 Å². The van der Waals surface area contributed by atoms with Crippen molar-refractivity contribution >= 4 is 17.2 Å². The van der Waals surface area contributed by atoms with Gasteiger partial charge in [-0.15, -0.1) is 10.2 Å². The van der Waals surface area contributed by atoms with E-state index in [4.69, 9.17) is 4.98 Å². The number of fused-ring (bicyclic) bond motifs is 1. The molecule has 0 radical (unpaired) electrons. The maximum absolute atomic E-state index is 4.79. The third-order valence-electron chi connectivity index (χ3n) is 4.17. The summed E-state index contributed by atoms with van der Waals surface area (Å²) in [6.45, 7) is 4.09. The number of hydrogen-bond donors (Lipinski definition) is 0. The summed E-state index contributed by atoms with van der Waals surface area (Å²) in [5.74, 6) is 0.740. The smallest absolute Gasteiger partial charge is 0.187 e. The summed E-state index contributed by atoms with van der Waals surface area (Å²) in [4.78, 5) is 4.79. The van der Waals surface area contributed by atoms with Crippen LogP contribution in [0.4, 0.5) is 11.5 Å². The van der Waals surface area contributed by atoms with Crippen molar-refractivity contribution in [2.24, 2.45) is 10.2 Å². The number of azo groups is 1. The molecule has 0 atom stereocenters. The quantitative estimate of drug-likeness (QED) is 0.424. The van der Waals surface area contributed by atoms with Crippen LogP contribution in [0.1, 0.15) is 11.1 Å². The van der Waals surface area contributed by atoms with Gasteiger partial charge in [-0.05, 0) is 43.2 Å². The Morgan fingerprint density at radius 1 is 0.840 bits per heavy atom. The van der Waals surface area contributed by atoms with E-state index in [1.54, 1.807) is 0 Å². The number of imidazole rings is 1. The Morgan fingerprint density at radius 2 is 1.60 bits per heavy atom. The summed E-state index contributed by atoms with van der Waals surface area (Å²) >= 11 is 0. The largest absolute Gasteiger partial charge is 0.283 e. The molecule has 0 aliphatic heterocycles. The van der Waals surface area contributed by atoms with Crippen LogP contribution in [-0.2, 0) is 0 Å². The van der Waals surface area contributed by atoms with Crippen LogP contribution in [0.3, 0.4) is 0 Å². The molecule has 4 heteroatoms. The van der Waals surface area contributed by atoms with Gasteiger partial charge in [-0.25, -0.2) is 4.98 Å². The zero-order valence-electron chi connectivity index (χ0n) is 14.2. The van der Waals surface area contributed by atoms with E-state index < -0.39 is 0 Å². The molecule has 0 aliphatic rings. The number of aromatic nitrogens is 2. The van der Waals surface area contributed by atoms with Gasteiger partial charge in [-0.2, -0.15) is 0 Å². The highest BCUT2D eigenvalue weighted by atomic mass is 15.2. The highest BCUT2D eigenvalue weighted by Gasteiger charge is 2.14. The Hall–Kier alpha value is -3.27. The Labute approximate surface area is 146 Å². The van der Waals surface area contributed by atoms with Crippen molar-refractivity contribution in [3.63, 3.8) is 0 Å². The molecule has 0 saturated carbocycles. The van der Waals surface area contributed by atoms with Crippen molar-refractivity contribution in [1.82, 2.24) is 9.38 Å². The second kappa shape index (κ2) is 6.32. The highest BCUT2D eigenvalue weighted by molar-refractivity contribution is 5.74. The fourth-order valence-corrected chi connectivity index (χ4v) is 2.80. The van der Waals surface area contributed by atoms with Gasteiger partial charge in [0.2, 0.25) is 0 Å². The Morgan fingerprint density at radius 3 is 2.40 bits per heavy atom. The van der Waals surface area contributed by atoms with Crippen LogP contribution >= 0.6 is 0 Å². The molecule has 2 heterocycles. The SMILES string of the molecule is Cc1ccn2c(N=Nc3ccccc3C)c(-c3ccccc3)nc2c1. The maximum atomic E-state index is 4.79. The Bertz CT molecular complexity index is 1060. The summed E-state index contributed by atoms with van der Waals surface area (Å²) < 4.78 is 1.98. The topological polar surface area (TPSA) is 42.0 Å². The van der Waals surface area contributed by atoms with Crippen molar-refractivity contribution in [3.05, 3.63) is 84.1 Å². The molecule has 0 aliphatic carbocycles. The van der Waals surface area contributed by atoms with E-state index in [0.29, 0.717) is 0 Å². The van der Waals surface area contributed by atoms with Crippen LogP contribution < -0.4 is 0 Å². The molecule has 2 aromatic carbocycles. The minimum Gasteiger partial charge on any atom is -0.283 e. The van der Waals surface area contributed by atoms with Crippen LogP contribution in [0.5, 0.6) is 0 Å². The first-order valence-corrected chi connectivity index (χ1v) is 8.24. The van der Waals surface area contributed by atoms with Crippen LogP contribution in [0.15, 0.2) is 83.2 Å². The average Bonchev–Trinajstić information content (AvgIpc) is 2.99. The average molecular weight is 326 g/mol. The Balaban J connectivity index is 1.90. The highest BCUT2D eigenvalue weighted by Crippen LogP contribution is 2.32. The predicted octanol–water partition coefficient (Wildman–Crippen LogP) is 6.03. The minimum atomic E-state index is 0.740. The van der Waals surface area contributed by atoms with Gasteiger partial charge in [0.1, 0.15) is 11.3 Å².